The third-order valence-corrected chi connectivity index (χ3v) is 5.74. The Kier molecular flexibility index (Phi) is 3.91. The minimum absolute atomic E-state index is 0.145. The summed E-state index contributed by atoms with van der Waals surface area (Å²) in [4.78, 5) is 11.5. The number of nitrogens with two attached hydrogens (primary N) is 1. The van der Waals surface area contributed by atoms with Crippen LogP contribution in [0.25, 0.3) is 0 Å². The molecule has 84 valence electrons. The molecule has 0 aromatic carbocycles. The molecule has 0 radical (unpaired) electrons. The summed E-state index contributed by atoms with van der Waals surface area (Å²) in [7, 11) is -3.48. The predicted molar refractivity (Wildman–Crippen MR) is 63.3 cm³/mol. The average molecular weight is 312 g/mol. The van der Waals surface area contributed by atoms with E-state index in [1.54, 1.807) is 12.1 Å². The fourth-order valence-corrected chi connectivity index (χ4v) is 4.03. The van der Waals surface area contributed by atoms with Crippen molar-refractivity contribution >= 4 is 43.0 Å². The highest BCUT2D eigenvalue weighted by molar-refractivity contribution is 9.11. The summed E-state index contributed by atoms with van der Waals surface area (Å²) in [5.74, 6) is -0.960. The second-order valence-electron chi connectivity index (χ2n) is 3.06. The van der Waals surface area contributed by atoms with Crippen molar-refractivity contribution in [2.24, 2.45) is 5.73 Å². The fourth-order valence-electron chi connectivity index (χ4n) is 0.930. The zero-order chi connectivity index (χ0) is 11.6. The van der Waals surface area contributed by atoms with Crippen LogP contribution in [0.3, 0.4) is 0 Å². The number of hydrogen-bond acceptors (Lipinski definition) is 4. The van der Waals surface area contributed by atoms with E-state index in [4.69, 9.17) is 5.73 Å². The summed E-state index contributed by atoms with van der Waals surface area (Å²) in [6.45, 7) is 1.31. The highest BCUT2D eigenvalue weighted by Gasteiger charge is 2.26. The number of primary amides is 1. The van der Waals surface area contributed by atoms with Crippen LogP contribution in [0.1, 0.15) is 11.8 Å². The summed E-state index contributed by atoms with van der Waals surface area (Å²) >= 11 is 4.57. The van der Waals surface area contributed by atoms with E-state index in [-0.39, 0.29) is 5.75 Å². The van der Waals surface area contributed by atoms with Crippen LogP contribution in [0, 0.1) is 0 Å². The van der Waals surface area contributed by atoms with Crippen molar-refractivity contribution in [2.75, 3.05) is 0 Å². The maximum absolute atomic E-state index is 11.6. The van der Waals surface area contributed by atoms with Gasteiger partial charge in [0, 0.05) is 4.88 Å². The standard InChI is InChI=1S/C8H10BrNO3S2/c1-5(8(10)11)15(12,13)4-6-2-3-7(9)14-6/h2-3,5H,4H2,1H3,(H2,10,11)/t5-/m0/s1. The van der Waals surface area contributed by atoms with E-state index in [0.29, 0.717) is 4.88 Å². The van der Waals surface area contributed by atoms with Gasteiger partial charge in [-0.25, -0.2) is 8.42 Å². The molecule has 0 aliphatic heterocycles. The minimum Gasteiger partial charge on any atom is -0.369 e. The highest BCUT2D eigenvalue weighted by atomic mass is 79.9. The van der Waals surface area contributed by atoms with E-state index >= 15 is 0 Å². The Morgan fingerprint density at radius 2 is 2.20 bits per heavy atom. The molecular formula is C8H10BrNO3S2. The van der Waals surface area contributed by atoms with E-state index in [1.165, 1.54) is 18.3 Å². The molecular weight excluding hydrogens is 302 g/mol. The molecule has 1 atom stereocenters. The smallest absolute Gasteiger partial charge is 0.235 e. The van der Waals surface area contributed by atoms with Crippen molar-refractivity contribution in [3.05, 3.63) is 20.8 Å². The van der Waals surface area contributed by atoms with Crippen LogP contribution in [0.15, 0.2) is 15.9 Å². The van der Waals surface area contributed by atoms with Gasteiger partial charge >= 0.3 is 0 Å². The fraction of sp³-hybridized carbons (Fsp3) is 0.375. The summed E-state index contributed by atoms with van der Waals surface area (Å²) in [6, 6.07) is 3.48. The Morgan fingerprint density at radius 1 is 1.60 bits per heavy atom. The molecule has 15 heavy (non-hydrogen) atoms. The van der Waals surface area contributed by atoms with Gasteiger partial charge in [-0.15, -0.1) is 11.3 Å². The van der Waals surface area contributed by atoms with Crippen molar-refractivity contribution in [1.29, 1.82) is 0 Å². The van der Waals surface area contributed by atoms with Gasteiger partial charge in [0.1, 0.15) is 5.25 Å². The molecule has 1 aromatic heterocycles. The molecule has 0 saturated heterocycles. The van der Waals surface area contributed by atoms with Crippen molar-refractivity contribution in [1.82, 2.24) is 0 Å². The normalized spacial score (nSPS) is 13.7. The van der Waals surface area contributed by atoms with Gasteiger partial charge in [-0.2, -0.15) is 0 Å². The third-order valence-electron chi connectivity index (χ3n) is 1.91. The lowest BCUT2D eigenvalue weighted by atomic mass is 10.5. The predicted octanol–water partition coefficient (Wildman–Crippen LogP) is 1.30. The van der Waals surface area contributed by atoms with Gasteiger partial charge in [0.15, 0.2) is 9.84 Å². The van der Waals surface area contributed by atoms with E-state index in [0.717, 1.165) is 3.79 Å². The lowest BCUT2D eigenvalue weighted by molar-refractivity contribution is -0.117. The number of thiophene rings is 1. The van der Waals surface area contributed by atoms with E-state index in [2.05, 4.69) is 15.9 Å². The van der Waals surface area contributed by atoms with Gasteiger partial charge in [-0.1, -0.05) is 0 Å². The summed E-state index contributed by atoms with van der Waals surface area (Å²) in [5, 5.41) is -1.14. The van der Waals surface area contributed by atoms with Crippen LogP contribution in [0.4, 0.5) is 0 Å². The van der Waals surface area contributed by atoms with Gasteiger partial charge in [0.05, 0.1) is 9.54 Å². The van der Waals surface area contributed by atoms with Gasteiger partial charge in [0.25, 0.3) is 0 Å². The first-order valence-corrected chi connectivity index (χ1v) is 7.40. The molecule has 0 unspecified atom stereocenters. The van der Waals surface area contributed by atoms with Gasteiger partial charge in [0.2, 0.25) is 5.91 Å². The molecule has 0 saturated carbocycles. The van der Waals surface area contributed by atoms with E-state index < -0.39 is 21.0 Å². The Hall–Kier alpha value is -0.400. The number of halogens is 1. The van der Waals surface area contributed by atoms with Crippen LogP contribution in [-0.2, 0) is 20.4 Å². The Labute approximate surface area is 101 Å². The second kappa shape index (κ2) is 4.63. The van der Waals surface area contributed by atoms with Gasteiger partial charge < -0.3 is 5.73 Å². The lowest BCUT2D eigenvalue weighted by Gasteiger charge is -2.07. The number of rotatable bonds is 4. The van der Waals surface area contributed by atoms with Crippen LogP contribution >= 0.6 is 27.3 Å². The zero-order valence-electron chi connectivity index (χ0n) is 7.94. The average Bonchev–Trinajstić information content (AvgIpc) is 2.48. The molecule has 0 aliphatic rings. The minimum atomic E-state index is -3.48. The molecule has 4 nitrogen and oxygen atoms in total. The number of carbonyl (C=O) groups is 1. The van der Waals surface area contributed by atoms with Crippen molar-refractivity contribution in [3.8, 4) is 0 Å². The van der Waals surface area contributed by atoms with E-state index in [1.807, 2.05) is 0 Å². The molecule has 1 amide bonds. The largest absolute Gasteiger partial charge is 0.369 e. The Bertz CT molecular complexity index is 466. The Balaban J connectivity index is 2.86. The molecule has 0 aliphatic carbocycles. The molecule has 2 N–H and O–H groups in total. The van der Waals surface area contributed by atoms with Gasteiger partial charge in [-0.05, 0) is 35.0 Å². The molecule has 0 spiro atoms. The maximum Gasteiger partial charge on any atom is 0.235 e. The van der Waals surface area contributed by atoms with Gasteiger partial charge in [-0.3, -0.25) is 4.79 Å². The second-order valence-corrected chi connectivity index (χ2v) is 7.93. The molecule has 1 rings (SSSR count). The van der Waals surface area contributed by atoms with Crippen LogP contribution in [-0.4, -0.2) is 19.6 Å². The van der Waals surface area contributed by atoms with Crippen molar-refractivity contribution < 1.29 is 13.2 Å². The zero-order valence-corrected chi connectivity index (χ0v) is 11.2. The van der Waals surface area contributed by atoms with Crippen molar-refractivity contribution in [2.45, 2.75) is 17.9 Å². The molecule has 0 fully saturated rings. The maximum atomic E-state index is 11.6. The summed E-state index contributed by atoms with van der Waals surface area (Å²) < 4.78 is 24.1. The summed E-state index contributed by atoms with van der Waals surface area (Å²) in [5.41, 5.74) is 4.96. The van der Waals surface area contributed by atoms with Crippen LogP contribution < -0.4 is 5.73 Å². The third kappa shape index (κ3) is 3.29. The first kappa shape index (κ1) is 12.7. The monoisotopic (exact) mass is 311 g/mol. The Morgan fingerprint density at radius 3 is 2.60 bits per heavy atom. The topological polar surface area (TPSA) is 77.2 Å². The van der Waals surface area contributed by atoms with E-state index in [9.17, 15) is 13.2 Å². The van der Waals surface area contributed by atoms with Crippen molar-refractivity contribution in [3.63, 3.8) is 0 Å². The van der Waals surface area contributed by atoms with Crippen LogP contribution in [0.5, 0.6) is 0 Å². The first-order chi connectivity index (χ1) is 6.83. The lowest BCUT2D eigenvalue weighted by Crippen LogP contribution is -2.33. The summed E-state index contributed by atoms with van der Waals surface area (Å²) in [6.07, 6.45) is 0. The highest BCUT2D eigenvalue weighted by Crippen LogP contribution is 2.24. The number of hydrogen-bond donors (Lipinski definition) is 1. The van der Waals surface area contributed by atoms with Crippen LogP contribution in [0.2, 0.25) is 0 Å². The molecule has 7 heteroatoms. The SMILES string of the molecule is C[C@@H](C(N)=O)S(=O)(=O)Cc1ccc(Br)s1. The number of amides is 1. The number of sulfone groups is 1. The quantitative estimate of drug-likeness (QED) is 0.910. The molecule has 1 aromatic rings. The number of carbonyl (C=O) groups excluding carboxylic acids is 1. The molecule has 0 bridgehead atoms. The first-order valence-electron chi connectivity index (χ1n) is 4.08. The molecule has 1 heterocycles.